The summed E-state index contributed by atoms with van der Waals surface area (Å²) in [5, 5.41) is 3.04. The summed E-state index contributed by atoms with van der Waals surface area (Å²) >= 11 is 0. The van der Waals surface area contributed by atoms with Crippen molar-refractivity contribution in [2.75, 3.05) is 12.4 Å². The van der Waals surface area contributed by atoms with Crippen molar-refractivity contribution >= 4 is 23.4 Å². The van der Waals surface area contributed by atoms with E-state index in [1.165, 1.54) is 35.9 Å². The molecule has 1 N–H and O–H groups in total. The SMILES string of the molecule is Cc1c(C)c(C)c(Oc2c(C)c(C)c(NC(=O)c3ccc4c(c3)C(=O)N(C)C4=O)c(C)c2C)c(C)c1C. The van der Waals surface area contributed by atoms with Gasteiger partial charge < -0.3 is 10.1 Å². The van der Waals surface area contributed by atoms with Crippen LogP contribution in [-0.4, -0.2) is 29.7 Å². The van der Waals surface area contributed by atoms with Gasteiger partial charge in [-0.3, -0.25) is 19.3 Å². The molecular formula is C31H34N2O4. The van der Waals surface area contributed by atoms with Gasteiger partial charge in [-0.25, -0.2) is 0 Å². The topological polar surface area (TPSA) is 75.7 Å². The number of hydrogen-bond acceptors (Lipinski definition) is 4. The number of carbonyl (C=O) groups excluding carboxylic acids is 3. The van der Waals surface area contributed by atoms with Crippen molar-refractivity contribution < 1.29 is 19.1 Å². The summed E-state index contributed by atoms with van der Waals surface area (Å²) in [6, 6.07) is 4.61. The molecule has 0 unspecified atom stereocenters. The van der Waals surface area contributed by atoms with E-state index in [0.29, 0.717) is 11.1 Å². The molecule has 0 aliphatic carbocycles. The first-order valence-corrected chi connectivity index (χ1v) is 12.4. The molecule has 0 saturated carbocycles. The fourth-order valence-corrected chi connectivity index (χ4v) is 5.03. The third-order valence-electron chi connectivity index (χ3n) is 8.28. The Bertz CT molecular complexity index is 1470. The lowest BCUT2D eigenvalue weighted by atomic mass is 9.93. The molecule has 0 aromatic heterocycles. The van der Waals surface area contributed by atoms with Crippen molar-refractivity contribution in [3.05, 3.63) is 85.0 Å². The maximum atomic E-state index is 13.2. The summed E-state index contributed by atoms with van der Waals surface area (Å²) in [5.74, 6) is 0.580. The minimum Gasteiger partial charge on any atom is -0.456 e. The molecule has 3 amide bonds. The van der Waals surface area contributed by atoms with Gasteiger partial charge in [0.2, 0.25) is 0 Å². The summed E-state index contributed by atoms with van der Waals surface area (Å²) in [4.78, 5) is 38.9. The molecule has 3 aromatic carbocycles. The van der Waals surface area contributed by atoms with Crippen LogP contribution in [0, 0.1) is 62.3 Å². The molecular weight excluding hydrogens is 464 g/mol. The maximum Gasteiger partial charge on any atom is 0.261 e. The number of benzene rings is 3. The fraction of sp³-hybridized carbons (Fsp3) is 0.323. The predicted molar refractivity (Wildman–Crippen MR) is 146 cm³/mol. The van der Waals surface area contributed by atoms with Crippen molar-refractivity contribution in [2.24, 2.45) is 0 Å². The van der Waals surface area contributed by atoms with Crippen LogP contribution in [-0.2, 0) is 0 Å². The minimum atomic E-state index is -0.401. The molecule has 0 radical (unpaired) electrons. The minimum absolute atomic E-state index is 0.249. The van der Waals surface area contributed by atoms with E-state index in [2.05, 4.69) is 39.9 Å². The molecule has 3 aromatic rings. The third kappa shape index (κ3) is 4.01. The maximum absolute atomic E-state index is 13.2. The Morgan fingerprint density at radius 2 is 1.08 bits per heavy atom. The predicted octanol–water partition coefficient (Wildman–Crippen LogP) is 6.73. The Morgan fingerprint density at radius 3 is 1.59 bits per heavy atom. The Balaban J connectivity index is 1.71. The summed E-state index contributed by atoms with van der Waals surface area (Å²) in [7, 11) is 1.44. The Morgan fingerprint density at radius 1 is 0.649 bits per heavy atom. The molecule has 0 saturated heterocycles. The average molecular weight is 499 g/mol. The molecule has 0 spiro atoms. The quantitative estimate of drug-likeness (QED) is 0.405. The van der Waals surface area contributed by atoms with E-state index < -0.39 is 5.91 Å². The van der Waals surface area contributed by atoms with E-state index in [1.807, 2.05) is 27.7 Å². The lowest BCUT2D eigenvalue weighted by Crippen LogP contribution is -2.24. The molecule has 4 rings (SSSR count). The van der Waals surface area contributed by atoms with Crippen LogP contribution in [0.4, 0.5) is 5.69 Å². The highest BCUT2D eigenvalue weighted by atomic mass is 16.5. The molecule has 0 atom stereocenters. The second-order valence-corrected chi connectivity index (χ2v) is 10.1. The molecule has 192 valence electrons. The second-order valence-electron chi connectivity index (χ2n) is 10.1. The van der Waals surface area contributed by atoms with E-state index in [9.17, 15) is 14.4 Å². The van der Waals surface area contributed by atoms with E-state index >= 15 is 0 Å². The van der Waals surface area contributed by atoms with E-state index in [0.717, 1.165) is 55.5 Å². The van der Waals surface area contributed by atoms with Gasteiger partial charge in [0.25, 0.3) is 17.7 Å². The zero-order valence-corrected chi connectivity index (χ0v) is 23.3. The number of hydrogen-bond donors (Lipinski definition) is 1. The second kappa shape index (κ2) is 9.18. The van der Waals surface area contributed by atoms with Crippen molar-refractivity contribution in [2.45, 2.75) is 62.3 Å². The standard InChI is InChI=1S/C31H34N2O4/c1-14-15(2)19(6)27(20(7)16(14)3)37-28-21(8)17(4)26(18(5)22(28)9)32-29(34)23-11-12-24-25(13-23)31(36)33(10)30(24)35/h11-13H,1-10H3,(H,32,34). The normalized spacial score (nSPS) is 12.8. The first-order chi connectivity index (χ1) is 17.3. The number of carbonyl (C=O) groups is 3. The molecule has 1 aliphatic heterocycles. The number of ether oxygens (including phenoxy) is 1. The van der Waals surface area contributed by atoms with Gasteiger partial charge in [0.1, 0.15) is 11.5 Å². The lowest BCUT2D eigenvalue weighted by Gasteiger charge is -2.24. The van der Waals surface area contributed by atoms with Gasteiger partial charge in [0.05, 0.1) is 11.1 Å². The number of amides is 3. The molecule has 6 nitrogen and oxygen atoms in total. The van der Waals surface area contributed by atoms with Crippen LogP contribution in [0.2, 0.25) is 0 Å². The third-order valence-corrected chi connectivity index (χ3v) is 8.28. The highest BCUT2D eigenvalue weighted by molar-refractivity contribution is 6.22. The van der Waals surface area contributed by atoms with Crippen LogP contribution < -0.4 is 10.1 Å². The first-order valence-electron chi connectivity index (χ1n) is 12.4. The van der Waals surface area contributed by atoms with Gasteiger partial charge in [-0.2, -0.15) is 0 Å². The zero-order valence-electron chi connectivity index (χ0n) is 23.3. The van der Waals surface area contributed by atoms with E-state index in [1.54, 1.807) is 6.07 Å². The summed E-state index contributed by atoms with van der Waals surface area (Å²) in [5.41, 5.74) is 11.3. The van der Waals surface area contributed by atoms with Crippen LogP contribution in [0.5, 0.6) is 11.5 Å². The van der Waals surface area contributed by atoms with Gasteiger partial charge in [-0.05, 0) is 131 Å². The molecule has 6 heteroatoms. The monoisotopic (exact) mass is 498 g/mol. The largest absolute Gasteiger partial charge is 0.456 e. The number of fused-ring (bicyclic) bond motifs is 1. The first kappa shape index (κ1) is 26.1. The summed E-state index contributed by atoms with van der Waals surface area (Å²) in [6.07, 6.45) is 0. The van der Waals surface area contributed by atoms with Gasteiger partial charge in [0.15, 0.2) is 0 Å². The summed E-state index contributed by atoms with van der Waals surface area (Å²) < 4.78 is 6.62. The lowest BCUT2D eigenvalue weighted by molar-refractivity contribution is 0.0693. The Kier molecular flexibility index (Phi) is 6.49. The van der Waals surface area contributed by atoms with Crippen LogP contribution >= 0.6 is 0 Å². The van der Waals surface area contributed by atoms with Crippen molar-refractivity contribution in [3.63, 3.8) is 0 Å². The van der Waals surface area contributed by atoms with Gasteiger partial charge >= 0.3 is 0 Å². The average Bonchev–Trinajstić information content (AvgIpc) is 3.10. The number of nitrogens with zero attached hydrogens (tertiary/aromatic N) is 1. The molecule has 0 fully saturated rings. The van der Waals surface area contributed by atoms with Crippen LogP contribution in [0.3, 0.4) is 0 Å². The van der Waals surface area contributed by atoms with Gasteiger partial charge in [0, 0.05) is 18.3 Å². The Labute approximate surface area is 218 Å². The van der Waals surface area contributed by atoms with Gasteiger partial charge in [-0.1, -0.05) is 0 Å². The van der Waals surface area contributed by atoms with Crippen LogP contribution in [0.1, 0.15) is 81.1 Å². The number of nitrogens with one attached hydrogen (secondary N) is 1. The molecule has 1 heterocycles. The molecule has 0 bridgehead atoms. The number of imide groups is 1. The van der Waals surface area contributed by atoms with Crippen molar-refractivity contribution in [3.8, 4) is 11.5 Å². The van der Waals surface area contributed by atoms with Gasteiger partial charge in [-0.15, -0.1) is 0 Å². The smallest absolute Gasteiger partial charge is 0.261 e. The van der Waals surface area contributed by atoms with Crippen molar-refractivity contribution in [1.29, 1.82) is 0 Å². The zero-order chi connectivity index (χ0) is 27.5. The fourth-order valence-electron chi connectivity index (χ4n) is 5.03. The summed E-state index contributed by atoms with van der Waals surface area (Å²) in [6.45, 7) is 18.5. The Hall–Kier alpha value is -3.93. The molecule has 1 aliphatic rings. The van der Waals surface area contributed by atoms with E-state index in [4.69, 9.17) is 4.74 Å². The highest BCUT2D eigenvalue weighted by Gasteiger charge is 2.33. The highest BCUT2D eigenvalue weighted by Crippen LogP contribution is 2.42. The van der Waals surface area contributed by atoms with Crippen LogP contribution in [0.25, 0.3) is 0 Å². The van der Waals surface area contributed by atoms with Crippen molar-refractivity contribution in [1.82, 2.24) is 4.90 Å². The number of rotatable bonds is 4. The number of anilines is 1. The van der Waals surface area contributed by atoms with Crippen LogP contribution in [0.15, 0.2) is 18.2 Å². The van der Waals surface area contributed by atoms with E-state index in [-0.39, 0.29) is 17.4 Å². The molecule has 37 heavy (non-hydrogen) atoms.